The lowest BCUT2D eigenvalue weighted by Crippen LogP contribution is -2.38. The molecule has 2 aromatic rings. The Morgan fingerprint density at radius 2 is 2.27 bits per heavy atom. The molecule has 1 fully saturated rings. The molecule has 118 valence electrons. The highest BCUT2D eigenvalue weighted by Crippen LogP contribution is 2.21. The summed E-state index contributed by atoms with van der Waals surface area (Å²) in [4.78, 5) is 16.7. The van der Waals surface area contributed by atoms with E-state index in [1.54, 1.807) is 0 Å². The lowest BCUT2D eigenvalue weighted by atomic mass is 10.2. The maximum atomic E-state index is 5.88. The highest BCUT2D eigenvalue weighted by molar-refractivity contribution is 5.06. The van der Waals surface area contributed by atoms with Gasteiger partial charge in [0.15, 0.2) is 0 Å². The summed E-state index contributed by atoms with van der Waals surface area (Å²) in [5.41, 5.74) is 2.21. The summed E-state index contributed by atoms with van der Waals surface area (Å²) >= 11 is 0. The molecule has 3 heterocycles. The van der Waals surface area contributed by atoms with E-state index in [9.17, 15) is 0 Å². The van der Waals surface area contributed by atoms with E-state index in [0.29, 0.717) is 0 Å². The predicted octanol–water partition coefficient (Wildman–Crippen LogP) is 1.44. The Hall–Kier alpha value is -1.76. The molecule has 0 aliphatic carbocycles. The molecule has 0 amide bonds. The normalized spacial score (nSPS) is 19.7. The van der Waals surface area contributed by atoms with Crippen molar-refractivity contribution in [1.82, 2.24) is 24.8 Å². The van der Waals surface area contributed by atoms with Crippen molar-refractivity contribution in [2.24, 2.45) is 0 Å². The first-order valence-electron chi connectivity index (χ1n) is 7.63. The van der Waals surface area contributed by atoms with Crippen LogP contribution in [-0.4, -0.2) is 58.5 Å². The van der Waals surface area contributed by atoms with Crippen LogP contribution in [0.1, 0.15) is 23.3 Å². The highest BCUT2D eigenvalue weighted by Gasteiger charge is 2.24. The topological polar surface area (TPSA) is 57.3 Å². The minimum Gasteiger partial charge on any atom is -0.368 e. The number of H-pyrrole nitrogens is 1. The van der Waals surface area contributed by atoms with Crippen LogP contribution < -0.4 is 0 Å². The van der Waals surface area contributed by atoms with Gasteiger partial charge in [0.05, 0.1) is 12.3 Å². The number of ether oxygens (including phenoxy) is 1. The first-order valence-corrected chi connectivity index (χ1v) is 7.63. The van der Waals surface area contributed by atoms with E-state index < -0.39 is 0 Å². The van der Waals surface area contributed by atoms with Crippen molar-refractivity contribution in [1.29, 1.82) is 0 Å². The van der Waals surface area contributed by atoms with Gasteiger partial charge in [0.2, 0.25) is 0 Å². The van der Waals surface area contributed by atoms with E-state index >= 15 is 0 Å². The summed E-state index contributed by atoms with van der Waals surface area (Å²) in [5.74, 6) is 0.919. The molecule has 6 nitrogen and oxygen atoms in total. The quantitative estimate of drug-likeness (QED) is 0.905. The largest absolute Gasteiger partial charge is 0.368 e. The van der Waals surface area contributed by atoms with Gasteiger partial charge in [0, 0.05) is 44.3 Å². The molecule has 2 aromatic heterocycles. The standard InChI is InChI=1S/C16H23N5O/c1-20(2)10-14-9-18-16(19-14)15-12-21(7-8-22-15)11-13-5-3-4-6-17-13/h3-6,9,15H,7-8,10-12H2,1-2H3,(H,18,19). The molecule has 0 aromatic carbocycles. The Morgan fingerprint density at radius 1 is 1.36 bits per heavy atom. The minimum atomic E-state index is 0.00775. The summed E-state index contributed by atoms with van der Waals surface area (Å²) in [6.45, 7) is 4.20. The lowest BCUT2D eigenvalue weighted by Gasteiger charge is -2.31. The first kappa shape index (κ1) is 15.1. The Morgan fingerprint density at radius 3 is 3.05 bits per heavy atom. The number of nitrogens with zero attached hydrogens (tertiary/aromatic N) is 4. The second kappa shape index (κ2) is 7.00. The van der Waals surface area contributed by atoms with Crippen molar-refractivity contribution < 1.29 is 4.74 Å². The zero-order chi connectivity index (χ0) is 15.4. The average molecular weight is 301 g/mol. The zero-order valence-corrected chi connectivity index (χ0v) is 13.2. The second-order valence-corrected chi connectivity index (χ2v) is 5.95. The fourth-order valence-corrected chi connectivity index (χ4v) is 2.69. The number of morpholine rings is 1. The molecule has 3 rings (SSSR count). The number of pyridine rings is 1. The van der Waals surface area contributed by atoms with Gasteiger partial charge in [-0.1, -0.05) is 6.07 Å². The van der Waals surface area contributed by atoms with Crippen LogP contribution in [0.25, 0.3) is 0 Å². The SMILES string of the molecule is CN(C)Cc1cnc(C2CN(Cc3ccccn3)CCO2)[nH]1. The highest BCUT2D eigenvalue weighted by atomic mass is 16.5. The van der Waals surface area contributed by atoms with Crippen LogP contribution in [0, 0.1) is 0 Å². The molecule has 0 bridgehead atoms. The molecule has 1 N–H and O–H groups in total. The third-order valence-electron chi connectivity index (χ3n) is 3.70. The number of hydrogen-bond donors (Lipinski definition) is 1. The molecular formula is C16H23N5O. The molecule has 0 spiro atoms. The monoisotopic (exact) mass is 301 g/mol. The second-order valence-electron chi connectivity index (χ2n) is 5.95. The summed E-state index contributed by atoms with van der Waals surface area (Å²) in [7, 11) is 4.10. The van der Waals surface area contributed by atoms with Crippen LogP contribution in [0.4, 0.5) is 0 Å². The average Bonchev–Trinajstić information content (AvgIpc) is 2.96. The summed E-state index contributed by atoms with van der Waals surface area (Å²) in [6.07, 6.45) is 3.75. The summed E-state index contributed by atoms with van der Waals surface area (Å²) < 4.78 is 5.88. The number of rotatable bonds is 5. The fraction of sp³-hybridized carbons (Fsp3) is 0.500. The van der Waals surface area contributed by atoms with E-state index in [-0.39, 0.29) is 6.10 Å². The molecule has 6 heteroatoms. The molecule has 1 aliphatic heterocycles. The molecule has 1 unspecified atom stereocenters. The van der Waals surface area contributed by atoms with Crippen molar-refractivity contribution in [2.75, 3.05) is 33.8 Å². The molecule has 0 radical (unpaired) electrons. The summed E-state index contributed by atoms with van der Waals surface area (Å²) in [5, 5.41) is 0. The zero-order valence-electron chi connectivity index (χ0n) is 13.2. The smallest absolute Gasteiger partial charge is 0.136 e. The van der Waals surface area contributed by atoms with Gasteiger partial charge in [-0.2, -0.15) is 0 Å². The molecule has 1 aliphatic rings. The van der Waals surface area contributed by atoms with Crippen LogP contribution >= 0.6 is 0 Å². The molecular weight excluding hydrogens is 278 g/mol. The first-order chi connectivity index (χ1) is 10.7. The van der Waals surface area contributed by atoms with Gasteiger partial charge in [-0.25, -0.2) is 4.98 Å². The molecule has 0 saturated carbocycles. The maximum absolute atomic E-state index is 5.88. The van der Waals surface area contributed by atoms with E-state index in [2.05, 4.69) is 30.8 Å². The number of imidazole rings is 1. The van der Waals surface area contributed by atoms with E-state index in [0.717, 1.165) is 50.0 Å². The van der Waals surface area contributed by atoms with Crippen LogP contribution in [0.3, 0.4) is 0 Å². The Balaban J connectivity index is 1.61. The van der Waals surface area contributed by atoms with E-state index in [1.165, 1.54) is 0 Å². The number of nitrogens with one attached hydrogen (secondary N) is 1. The maximum Gasteiger partial charge on any atom is 0.136 e. The van der Waals surface area contributed by atoms with Gasteiger partial charge < -0.3 is 14.6 Å². The number of aromatic amines is 1. The van der Waals surface area contributed by atoms with Crippen molar-refractivity contribution >= 4 is 0 Å². The van der Waals surface area contributed by atoms with E-state index in [4.69, 9.17) is 4.74 Å². The van der Waals surface area contributed by atoms with Crippen LogP contribution in [0.5, 0.6) is 0 Å². The number of aromatic nitrogens is 3. The van der Waals surface area contributed by atoms with Crippen molar-refractivity contribution in [3.05, 3.63) is 47.8 Å². The lowest BCUT2D eigenvalue weighted by molar-refractivity contribution is -0.0372. The fourth-order valence-electron chi connectivity index (χ4n) is 2.69. The number of hydrogen-bond acceptors (Lipinski definition) is 5. The molecule has 1 atom stereocenters. The Kier molecular flexibility index (Phi) is 4.82. The Bertz CT molecular complexity index is 583. The van der Waals surface area contributed by atoms with Gasteiger partial charge in [-0.15, -0.1) is 0 Å². The molecule has 22 heavy (non-hydrogen) atoms. The van der Waals surface area contributed by atoms with Gasteiger partial charge in [-0.3, -0.25) is 9.88 Å². The van der Waals surface area contributed by atoms with Crippen molar-refractivity contribution in [2.45, 2.75) is 19.2 Å². The van der Waals surface area contributed by atoms with Crippen molar-refractivity contribution in [3.63, 3.8) is 0 Å². The Labute approximate surface area is 131 Å². The van der Waals surface area contributed by atoms with Crippen LogP contribution in [0.15, 0.2) is 30.6 Å². The van der Waals surface area contributed by atoms with Gasteiger partial charge in [0.25, 0.3) is 0 Å². The van der Waals surface area contributed by atoms with E-state index in [1.807, 2.05) is 38.6 Å². The summed E-state index contributed by atoms with van der Waals surface area (Å²) in [6, 6.07) is 6.04. The third kappa shape index (κ3) is 3.91. The van der Waals surface area contributed by atoms with Gasteiger partial charge >= 0.3 is 0 Å². The van der Waals surface area contributed by atoms with Crippen molar-refractivity contribution in [3.8, 4) is 0 Å². The molecule has 1 saturated heterocycles. The predicted molar refractivity (Wildman–Crippen MR) is 84.2 cm³/mol. The third-order valence-corrected chi connectivity index (χ3v) is 3.70. The van der Waals surface area contributed by atoms with Crippen LogP contribution in [0.2, 0.25) is 0 Å². The van der Waals surface area contributed by atoms with Gasteiger partial charge in [-0.05, 0) is 26.2 Å². The minimum absolute atomic E-state index is 0.00775. The van der Waals surface area contributed by atoms with Gasteiger partial charge in [0.1, 0.15) is 11.9 Å². The van der Waals surface area contributed by atoms with Crippen LogP contribution in [-0.2, 0) is 17.8 Å².